The molecule has 0 aliphatic heterocycles. The largest absolute Gasteiger partial charge is 0.527 e. The van der Waals surface area contributed by atoms with Crippen molar-refractivity contribution in [3.05, 3.63) is 12.3 Å². The second kappa shape index (κ2) is 3.43. The Hall–Kier alpha value is -0.935. The first-order valence-corrected chi connectivity index (χ1v) is 4.13. The molecule has 13 heavy (non-hydrogen) atoms. The van der Waals surface area contributed by atoms with Crippen molar-refractivity contribution in [2.24, 2.45) is 5.92 Å². The minimum absolute atomic E-state index is 0.164. The molecular weight excluding hydrogens is 180 g/mol. The Balaban J connectivity index is 2.90. The van der Waals surface area contributed by atoms with Crippen LogP contribution < -0.4 is 5.59 Å². The van der Waals surface area contributed by atoms with E-state index in [9.17, 15) is 12.9 Å². The molecule has 1 aromatic rings. The van der Waals surface area contributed by atoms with E-state index in [0.717, 1.165) is 10.7 Å². The molecule has 0 fully saturated rings. The summed E-state index contributed by atoms with van der Waals surface area (Å²) < 4.78 is 38.0. The summed E-state index contributed by atoms with van der Waals surface area (Å²) in [5.41, 5.74) is -0.617. The Morgan fingerprint density at radius 1 is 1.46 bits per heavy atom. The van der Waals surface area contributed by atoms with Gasteiger partial charge >= 0.3 is 6.98 Å². The van der Waals surface area contributed by atoms with Crippen molar-refractivity contribution in [2.75, 3.05) is 0 Å². The van der Waals surface area contributed by atoms with E-state index in [-0.39, 0.29) is 5.92 Å². The molecule has 0 atom stereocenters. The number of hydrogen-bond acceptors (Lipinski definition) is 1. The second-order valence-electron chi connectivity index (χ2n) is 3.41. The summed E-state index contributed by atoms with van der Waals surface area (Å²) in [5.74, 6) is 0.164. The van der Waals surface area contributed by atoms with Gasteiger partial charge in [-0.2, -0.15) is 5.10 Å². The molecule has 0 amide bonds. The van der Waals surface area contributed by atoms with Gasteiger partial charge in [-0.3, -0.25) is 4.68 Å². The molecular formula is C7H11BF3N2-. The fourth-order valence-electron chi connectivity index (χ4n) is 1.12. The minimum atomic E-state index is -4.93. The number of halogens is 3. The van der Waals surface area contributed by atoms with E-state index >= 15 is 0 Å². The van der Waals surface area contributed by atoms with Gasteiger partial charge in [0.15, 0.2) is 0 Å². The molecule has 0 radical (unpaired) electrons. The van der Waals surface area contributed by atoms with Crippen LogP contribution in [-0.2, 0) is 6.54 Å². The van der Waals surface area contributed by atoms with Gasteiger partial charge < -0.3 is 12.9 Å². The highest BCUT2D eigenvalue weighted by Gasteiger charge is 2.29. The average molecular weight is 191 g/mol. The lowest BCUT2D eigenvalue weighted by Gasteiger charge is -2.17. The summed E-state index contributed by atoms with van der Waals surface area (Å²) in [6, 6.07) is 1.02. The molecule has 0 aromatic carbocycles. The van der Waals surface area contributed by atoms with E-state index in [1.807, 2.05) is 13.8 Å². The molecule has 2 nitrogen and oxygen atoms in total. The van der Waals surface area contributed by atoms with Crippen LogP contribution in [0.4, 0.5) is 12.9 Å². The van der Waals surface area contributed by atoms with Gasteiger partial charge in [0.1, 0.15) is 0 Å². The van der Waals surface area contributed by atoms with Crippen molar-refractivity contribution in [2.45, 2.75) is 20.4 Å². The zero-order valence-electron chi connectivity index (χ0n) is 7.54. The third-order valence-electron chi connectivity index (χ3n) is 1.62. The van der Waals surface area contributed by atoms with Gasteiger partial charge in [0.25, 0.3) is 0 Å². The van der Waals surface area contributed by atoms with Gasteiger partial charge in [0.05, 0.1) is 0 Å². The van der Waals surface area contributed by atoms with Crippen LogP contribution in [0.5, 0.6) is 0 Å². The standard InChI is InChI=1S/C7H11BF3N2/c1-6(2)5-13-7(3-4-12-13)8(9,10)11/h3-4,6H,5H2,1-2H3/q-1. The lowest BCUT2D eigenvalue weighted by atomic mass is 9.86. The van der Waals surface area contributed by atoms with Crippen molar-refractivity contribution >= 4 is 12.6 Å². The van der Waals surface area contributed by atoms with Crippen molar-refractivity contribution in [1.82, 2.24) is 9.78 Å². The van der Waals surface area contributed by atoms with Gasteiger partial charge in [-0.05, 0) is 11.5 Å². The average Bonchev–Trinajstić information content (AvgIpc) is 2.31. The van der Waals surface area contributed by atoms with Crippen LogP contribution in [0.15, 0.2) is 12.3 Å². The highest BCUT2D eigenvalue weighted by molar-refractivity contribution is 6.72. The van der Waals surface area contributed by atoms with Crippen molar-refractivity contribution in [3.8, 4) is 0 Å². The third kappa shape index (κ3) is 2.50. The van der Waals surface area contributed by atoms with Crippen LogP contribution in [0.2, 0.25) is 0 Å². The Kier molecular flexibility index (Phi) is 2.68. The third-order valence-corrected chi connectivity index (χ3v) is 1.62. The summed E-state index contributed by atoms with van der Waals surface area (Å²) in [7, 11) is 0. The summed E-state index contributed by atoms with van der Waals surface area (Å²) in [6.07, 6.45) is 1.19. The topological polar surface area (TPSA) is 17.8 Å². The number of rotatable bonds is 3. The van der Waals surface area contributed by atoms with Gasteiger partial charge in [-0.25, -0.2) is 0 Å². The molecule has 6 heteroatoms. The molecule has 0 aliphatic carbocycles. The Morgan fingerprint density at radius 3 is 2.54 bits per heavy atom. The first-order valence-electron chi connectivity index (χ1n) is 4.13. The maximum absolute atomic E-state index is 12.3. The highest BCUT2D eigenvalue weighted by atomic mass is 19.4. The van der Waals surface area contributed by atoms with Gasteiger partial charge in [0, 0.05) is 12.7 Å². The molecule has 1 aromatic heterocycles. The van der Waals surface area contributed by atoms with E-state index < -0.39 is 12.6 Å². The number of hydrogen-bond donors (Lipinski definition) is 0. The predicted octanol–water partition coefficient (Wildman–Crippen LogP) is 1.59. The van der Waals surface area contributed by atoms with Crippen LogP contribution in [-0.4, -0.2) is 16.8 Å². The molecule has 0 aliphatic rings. The minimum Gasteiger partial charge on any atom is -0.444 e. The molecule has 0 saturated carbocycles. The summed E-state index contributed by atoms with van der Waals surface area (Å²) >= 11 is 0. The van der Waals surface area contributed by atoms with Gasteiger partial charge in [0.2, 0.25) is 0 Å². The molecule has 1 heterocycles. The molecule has 0 unspecified atom stereocenters. The van der Waals surface area contributed by atoms with Crippen LogP contribution in [0.1, 0.15) is 13.8 Å². The first-order chi connectivity index (χ1) is 5.91. The SMILES string of the molecule is CC(C)Cn1nccc1[B-](F)(F)F. The zero-order valence-corrected chi connectivity index (χ0v) is 7.54. The van der Waals surface area contributed by atoms with Gasteiger partial charge in [-0.1, -0.05) is 19.9 Å². The normalized spacial score (nSPS) is 12.5. The molecule has 0 spiro atoms. The van der Waals surface area contributed by atoms with E-state index in [4.69, 9.17) is 0 Å². The second-order valence-corrected chi connectivity index (χ2v) is 3.41. The first kappa shape index (κ1) is 10.1. The summed E-state index contributed by atoms with van der Waals surface area (Å²) in [4.78, 5) is 0. The van der Waals surface area contributed by atoms with E-state index in [1.165, 1.54) is 6.20 Å². The van der Waals surface area contributed by atoms with Crippen molar-refractivity contribution < 1.29 is 12.9 Å². The summed E-state index contributed by atoms with van der Waals surface area (Å²) in [6.45, 7) is -0.905. The zero-order chi connectivity index (χ0) is 10.1. The quantitative estimate of drug-likeness (QED) is 0.663. The van der Waals surface area contributed by atoms with Crippen molar-refractivity contribution in [3.63, 3.8) is 0 Å². The Bertz CT molecular complexity index is 280. The highest BCUT2D eigenvalue weighted by Crippen LogP contribution is 2.09. The van der Waals surface area contributed by atoms with E-state index in [0.29, 0.717) is 6.54 Å². The van der Waals surface area contributed by atoms with E-state index in [2.05, 4.69) is 5.10 Å². The lowest BCUT2D eigenvalue weighted by Crippen LogP contribution is -2.40. The van der Waals surface area contributed by atoms with E-state index in [1.54, 1.807) is 0 Å². The molecule has 74 valence electrons. The monoisotopic (exact) mass is 191 g/mol. The Labute approximate surface area is 74.8 Å². The summed E-state index contributed by atoms with van der Waals surface area (Å²) in [5, 5.41) is 3.64. The Morgan fingerprint density at radius 2 is 2.08 bits per heavy atom. The fraction of sp³-hybridized carbons (Fsp3) is 0.571. The lowest BCUT2D eigenvalue weighted by molar-refractivity contribution is 0.460. The maximum atomic E-state index is 12.3. The molecule has 0 saturated heterocycles. The van der Waals surface area contributed by atoms with Crippen LogP contribution in [0, 0.1) is 5.92 Å². The maximum Gasteiger partial charge on any atom is 0.527 e. The fourth-order valence-corrected chi connectivity index (χ4v) is 1.12. The number of aromatic nitrogens is 2. The van der Waals surface area contributed by atoms with Crippen molar-refractivity contribution in [1.29, 1.82) is 0 Å². The molecule has 0 N–H and O–H groups in total. The smallest absolute Gasteiger partial charge is 0.444 e. The predicted molar refractivity (Wildman–Crippen MR) is 45.8 cm³/mol. The molecule has 0 bridgehead atoms. The van der Waals surface area contributed by atoms with Crippen LogP contribution in [0.25, 0.3) is 0 Å². The molecule has 1 rings (SSSR count). The number of nitrogens with zero attached hydrogens (tertiary/aromatic N) is 2. The van der Waals surface area contributed by atoms with Crippen LogP contribution in [0.3, 0.4) is 0 Å². The van der Waals surface area contributed by atoms with Gasteiger partial charge in [-0.15, -0.1) is 0 Å². The van der Waals surface area contributed by atoms with Crippen LogP contribution >= 0.6 is 0 Å².